The number of carbonyl (C=O) groups excluding carboxylic acids is 4. The fourth-order valence-corrected chi connectivity index (χ4v) is 4.99. The Morgan fingerprint density at radius 2 is 1.44 bits per heavy atom. The molecule has 2 fully saturated rings. The molecule has 2 unspecified atom stereocenters. The van der Waals surface area contributed by atoms with Crippen molar-refractivity contribution < 1.29 is 52.3 Å². The number of hydrogen-bond acceptors (Lipinski definition) is 13. The topological polar surface area (TPSA) is 174 Å². The van der Waals surface area contributed by atoms with Crippen LogP contribution in [-0.2, 0) is 47.6 Å². The summed E-state index contributed by atoms with van der Waals surface area (Å²) in [6.07, 6.45) is -8.46. The molecule has 0 aliphatic carbocycles. The van der Waals surface area contributed by atoms with Crippen LogP contribution in [0.5, 0.6) is 5.75 Å². The molecule has 2 heterocycles. The normalized spacial score (nSPS) is 26.9. The maximum absolute atomic E-state index is 12.1. The van der Waals surface area contributed by atoms with Crippen LogP contribution in [0.2, 0.25) is 0 Å². The van der Waals surface area contributed by atoms with Crippen molar-refractivity contribution in [1.82, 2.24) is 5.32 Å². The second-order valence-electron chi connectivity index (χ2n) is 10.3. The molecule has 232 valence electrons. The number of ether oxygens (including phenoxy) is 7. The number of carbonyl (C=O) groups is 4. The van der Waals surface area contributed by atoms with Gasteiger partial charge in [0.15, 0.2) is 24.5 Å². The minimum atomic E-state index is -1.46. The van der Waals surface area contributed by atoms with E-state index in [1.165, 1.54) is 0 Å². The predicted molar refractivity (Wildman–Crippen MR) is 149 cm³/mol. The van der Waals surface area contributed by atoms with Gasteiger partial charge in [0, 0.05) is 27.7 Å². The first-order valence-electron chi connectivity index (χ1n) is 13.7. The highest BCUT2D eigenvalue weighted by Crippen LogP contribution is 2.39. The molecule has 3 N–H and O–H groups in total. The number of nitrogens with one attached hydrogen (secondary N) is 1. The molecular formula is C30H36N2O11. The lowest BCUT2D eigenvalue weighted by Crippen LogP contribution is -2.66. The van der Waals surface area contributed by atoms with Gasteiger partial charge in [-0.1, -0.05) is 24.3 Å². The van der Waals surface area contributed by atoms with Gasteiger partial charge in [-0.2, -0.15) is 0 Å². The Morgan fingerprint density at radius 1 is 0.814 bits per heavy atom. The molecule has 4 rings (SSSR count). The molecule has 8 atom stereocenters. The Hall–Kier alpha value is -4.04. The van der Waals surface area contributed by atoms with Crippen molar-refractivity contribution >= 4 is 23.9 Å². The van der Waals surface area contributed by atoms with Gasteiger partial charge in [-0.3, -0.25) is 30.2 Å². The molecule has 0 spiro atoms. The van der Waals surface area contributed by atoms with E-state index < -0.39 is 60.8 Å². The summed E-state index contributed by atoms with van der Waals surface area (Å²) in [5, 5.41) is 3.10. The largest absolute Gasteiger partial charge is 0.460 e. The SMILES string of the molecule is CNC1OC1c1cccc(-c2ccc(O[C@H]3O[C@H]([C@@H](N)OC(C)=O)[C@@H](OC(C)=O)[C@H](OC(C)=O)[C@@H]3OC(C)=O)c(C)c2)c1. The first-order valence-corrected chi connectivity index (χ1v) is 13.7. The van der Waals surface area contributed by atoms with Crippen molar-refractivity contribution in [2.45, 2.75) is 83.9 Å². The van der Waals surface area contributed by atoms with Gasteiger partial charge in [0.2, 0.25) is 12.4 Å². The number of esters is 4. The molecule has 0 radical (unpaired) electrons. The number of benzene rings is 2. The lowest BCUT2D eigenvalue weighted by Gasteiger charge is -2.45. The summed E-state index contributed by atoms with van der Waals surface area (Å²) in [6, 6.07) is 13.5. The molecule has 2 aromatic carbocycles. The van der Waals surface area contributed by atoms with Crippen LogP contribution in [0.4, 0.5) is 0 Å². The molecule has 0 saturated carbocycles. The second-order valence-corrected chi connectivity index (χ2v) is 10.3. The third kappa shape index (κ3) is 7.87. The Labute approximate surface area is 248 Å². The van der Waals surface area contributed by atoms with Gasteiger partial charge < -0.3 is 33.2 Å². The van der Waals surface area contributed by atoms with Gasteiger partial charge in [0.1, 0.15) is 18.1 Å². The number of hydrogen-bond donors (Lipinski definition) is 2. The van der Waals surface area contributed by atoms with Crippen LogP contribution in [0.15, 0.2) is 42.5 Å². The average Bonchev–Trinajstić information content (AvgIpc) is 3.72. The highest BCUT2D eigenvalue weighted by atomic mass is 16.7. The van der Waals surface area contributed by atoms with Crippen LogP contribution in [0.3, 0.4) is 0 Å². The predicted octanol–water partition coefficient (Wildman–Crippen LogP) is 2.03. The molecule has 13 heteroatoms. The van der Waals surface area contributed by atoms with Gasteiger partial charge in [0.25, 0.3) is 0 Å². The molecule has 13 nitrogen and oxygen atoms in total. The van der Waals surface area contributed by atoms with E-state index in [-0.39, 0.29) is 12.3 Å². The lowest BCUT2D eigenvalue weighted by atomic mass is 9.96. The van der Waals surface area contributed by atoms with Gasteiger partial charge in [-0.05, 0) is 54.4 Å². The lowest BCUT2D eigenvalue weighted by molar-refractivity contribution is -0.297. The minimum absolute atomic E-state index is 0.0115. The maximum Gasteiger partial charge on any atom is 0.304 e. The third-order valence-corrected chi connectivity index (χ3v) is 6.81. The summed E-state index contributed by atoms with van der Waals surface area (Å²) in [4.78, 5) is 47.9. The number of likely N-dealkylation sites (N-methyl/N-ethyl adjacent to an activating group) is 1. The van der Waals surface area contributed by atoms with Crippen LogP contribution >= 0.6 is 0 Å². The fraction of sp³-hybridized carbons (Fsp3) is 0.467. The van der Waals surface area contributed by atoms with E-state index >= 15 is 0 Å². The Kier molecular flexibility index (Phi) is 10.0. The standard InChI is InChI=1S/C30H36N2O11/c1-14-12-20(19-8-7-9-21(13-19)23-29(32-6)42-23)10-11-22(14)41-30-27(39-17(4)35)25(38-16(3)34)24(37-15(2)33)26(43-30)28(31)40-18(5)36/h7-13,23-30,32H,31H2,1-6H3/t23?,24-,25-,26-,27-,28-,29?,30-/m0/s1. The monoisotopic (exact) mass is 600 g/mol. The molecule has 2 aromatic rings. The number of aryl methyl sites for hydroxylation is 1. The Morgan fingerprint density at radius 3 is 2.02 bits per heavy atom. The van der Waals surface area contributed by atoms with Gasteiger partial charge >= 0.3 is 23.9 Å². The zero-order valence-electron chi connectivity index (χ0n) is 24.7. The van der Waals surface area contributed by atoms with E-state index in [4.69, 9.17) is 38.9 Å². The van der Waals surface area contributed by atoms with Crippen molar-refractivity contribution in [3.63, 3.8) is 0 Å². The smallest absolute Gasteiger partial charge is 0.304 e. The van der Waals surface area contributed by atoms with Gasteiger partial charge in [0.05, 0.1) is 0 Å². The van der Waals surface area contributed by atoms with Crippen molar-refractivity contribution in [2.75, 3.05) is 7.05 Å². The van der Waals surface area contributed by atoms with E-state index in [9.17, 15) is 19.2 Å². The van der Waals surface area contributed by atoms with Crippen LogP contribution in [-0.4, -0.2) is 74.1 Å². The molecule has 2 aliphatic heterocycles. The van der Waals surface area contributed by atoms with E-state index in [1.54, 1.807) is 6.07 Å². The number of rotatable bonds is 10. The summed E-state index contributed by atoms with van der Waals surface area (Å²) in [5.41, 5.74) is 9.74. The fourth-order valence-electron chi connectivity index (χ4n) is 4.99. The highest BCUT2D eigenvalue weighted by molar-refractivity contribution is 5.69. The molecule has 43 heavy (non-hydrogen) atoms. The van der Waals surface area contributed by atoms with Gasteiger partial charge in [-0.25, -0.2) is 0 Å². The van der Waals surface area contributed by atoms with E-state index in [0.717, 1.165) is 44.4 Å². The Bertz CT molecular complexity index is 1370. The second kappa shape index (κ2) is 13.5. The Balaban J connectivity index is 1.66. The number of epoxide rings is 1. The van der Waals surface area contributed by atoms with Crippen molar-refractivity contribution in [2.24, 2.45) is 5.73 Å². The molecule has 2 aliphatic rings. The minimum Gasteiger partial charge on any atom is -0.460 e. The highest BCUT2D eigenvalue weighted by Gasteiger charge is 2.55. The summed E-state index contributed by atoms with van der Waals surface area (Å²) in [6.45, 7) is 6.37. The summed E-state index contributed by atoms with van der Waals surface area (Å²) >= 11 is 0. The molecule has 0 bridgehead atoms. The zero-order valence-corrected chi connectivity index (χ0v) is 24.7. The average molecular weight is 601 g/mol. The maximum atomic E-state index is 12.1. The quantitative estimate of drug-likeness (QED) is 0.176. The molecular weight excluding hydrogens is 564 g/mol. The van der Waals surface area contributed by atoms with Crippen molar-refractivity contribution in [3.8, 4) is 16.9 Å². The van der Waals surface area contributed by atoms with Crippen molar-refractivity contribution in [3.05, 3.63) is 53.6 Å². The molecule has 0 aromatic heterocycles. The third-order valence-electron chi connectivity index (χ3n) is 6.81. The van der Waals surface area contributed by atoms with Crippen LogP contribution in [0.1, 0.15) is 44.9 Å². The van der Waals surface area contributed by atoms with Crippen LogP contribution < -0.4 is 15.8 Å². The summed E-state index contributed by atoms with van der Waals surface area (Å²) in [7, 11) is 1.84. The molecule has 2 saturated heterocycles. The molecule has 0 amide bonds. The van der Waals surface area contributed by atoms with E-state index in [2.05, 4.69) is 11.4 Å². The first kappa shape index (κ1) is 31.9. The van der Waals surface area contributed by atoms with Gasteiger partial charge in [-0.15, -0.1) is 0 Å². The van der Waals surface area contributed by atoms with Crippen LogP contribution in [0, 0.1) is 6.92 Å². The zero-order chi connectivity index (χ0) is 31.4. The summed E-state index contributed by atoms with van der Waals surface area (Å²) in [5.74, 6) is -2.64. The first-order chi connectivity index (χ1) is 20.4. The number of nitrogens with two attached hydrogens (primary N) is 1. The van der Waals surface area contributed by atoms with Crippen LogP contribution in [0.25, 0.3) is 11.1 Å². The van der Waals surface area contributed by atoms with Crippen molar-refractivity contribution in [1.29, 1.82) is 0 Å². The summed E-state index contributed by atoms with van der Waals surface area (Å²) < 4.78 is 39.3. The van der Waals surface area contributed by atoms with E-state index in [1.807, 2.05) is 44.3 Å². The van der Waals surface area contributed by atoms with E-state index in [0.29, 0.717) is 11.3 Å².